The minimum atomic E-state index is -0.880. The lowest BCUT2D eigenvalue weighted by atomic mass is 9.98. The number of pyridine rings is 1. The molecule has 0 aliphatic rings. The van der Waals surface area contributed by atoms with E-state index in [2.05, 4.69) is 13.0 Å². The first kappa shape index (κ1) is 26.8. The Bertz CT molecular complexity index is 1480. The van der Waals surface area contributed by atoms with Crippen LogP contribution in [0.2, 0.25) is 0 Å². The van der Waals surface area contributed by atoms with Gasteiger partial charge in [0.2, 0.25) is 0 Å². The van der Waals surface area contributed by atoms with E-state index in [9.17, 15) is 5.11 Å². The van der Waals surface area contributed by atoms with Crippen molar-refractivity contribution in [2.75, 3.05) is 0 Å². The molecule has 5 rings (SSSR count). The highest BCUT2D eigenvalue weighted by atomic mass is 16.7. The number of benzene rings is 4. The van der Waals surface area contributed by atoms with Gasteiger partial charge in [-0.3, -0.25) is 4.98 Å². The van der Waals surface area contributed by atoms with Crippen LogP contribution in [0.25, 0.3) is 0 Å². The maximum atomic E-state index is 11.5. The first-order valence-corrected chi connectivity index (χ1v) is 13.6. The number of aromatic hydroxyl groups is 1. The molecule has 0 amide bonds. The van der Waals surface area contributed by atoms with Gasteiger partial charge in [0.15, 0.2) is 0 Å². The molecule has 5 heteroatoms. The normalized spacial score (nSPS) is 10.9. The van der Waals surface area contributed by atoms with Gasteiger partial charge in [-0.25, -0.2) is 0 Å². The van der Waals surface area contributed by atoms with Crippen LogP contribution in [0.5, 0.6) is 28.7 Å². The number of aryl methyl sites for hydroxylation is 1. The van der Waals surface area contributed by atoms with E-state index in [-0.39, 0.29) is 5.75 Å². The summed E-state index contributed by atoms with van der Waals surface area (Å²) in [4.78, 5) is 4.93. The molecular weight excluding hydrogens is 498 g/mol. The summed E-state index contributed by atoms with van der Waals surface area (Å²) in [5.41, 5.74) is 3.94. The molecule has 4 aromatic carbocycles. The minimum absolute atomic E-state index is 0.112. The third-order valence-corrected chi connectivity index (χ3v) is 6.58. The fraction of sp³-hybridized carbons (Fsp3) is 0.171. The average molecular weight is 532 g/mol. The van der Waals surface area contributed by atoms with Crippen molar-refractivity contribution >= 4 is 0 Å². The molecule has 0 aliphatic heterocycles. The van der Waals surface area contributed by atoms with Crippen molar-refractivity contribution < 1.29 is 19.3 Å². The van der Waals surface area contributed by atoms with Crippen LogP contribution in [0, 0.1) is 6.92 Å². The van der Waals surface area contributed by atoms with Crippen molar-refractivity contribution in [1.82, 2.24) is 4.98 Å². The van der Waals surface area contributed by atoms with Crippen LogP contribution >= 0.6 is 0 Å². The Morgan fingerprint density at radius 1 is 0.675 bits per heavy atom. The predicted octanol–water partition coefficient (Wildman–Crippen LogP) is 8.59. The summed E-state index contributed by atoms with van der Waals surface area (Å²) < 4.78 is 18.8. The van der Waals surface area contributed by atoms with Crippen molar-refractivity contribution in [3.8, 4) is 28.7 Å². The van der Waals surface area contributed by atoms with Gasteiger partial charge in [0.1, 0.15) is 28.7 Å². The lowest BCUT2D eigenvalue weighted by Crippen LogP contribution is -2.19. The van der Waals surface area contributed by atoms with E-state index in [1.54, 1.807) is 0 Å². The van der Waals surface area contributed by atoms with Crippen LogP contribution in [-0.2, 0) is 12.8 Å². The number of ether oxygens (including phenoxy) is 3. The van der Waals surface area contributed by atoms with Crippen molar-refractivity contribution in [2.24, 2.45) is 0 Å². The van der Waals surface area contributed by atoms with Gasteiger partial charge in [-0.05, 0) is 73.0 Å². The molecule has 5 aromatic rings. The van der Waals surface area contributed by atoms with Gasteiger partial charge in [0.05, 0.1) is 11.3 Å². The molecule has 0 saturated carbocycles. The lowest BCUT2D eigenvalue weighted by molar-refractivity contribution is 0.00137. The second-order valence-electron chi connectivity index (χ2n) is 9.58. The molecule has 0 unspecified atom stereocenters. The zero-order valence-corrected chi connectivity index (χ0v) is 22.8. The number of para-hydroxylation sites is 3. The second-order valence-corrected chi connectivity index (χ2v) is 9.58. The molecule has 0 spiro atoms. The number of aromatic nitrogens is 1. The molecule has 0 aliphatic carbocycles. The predicted molar refractivity (Wildman–Crippen MR) is 157 cm³/mol. The summed E-state index contributed by atoms with van der Waals surface area (Å²) in [5, 5.41) is 11.5. The van der Waals surface area contributed by atoms with Gasteiger partial charge < -0.3 is 19.3 Å². The van der Waals surface area contributed by atoms with E-state index >= 15 is 0 Å². The fourth-order valence-corrected chi connectivity index (χ4v) is 4.58. The van der Waals surface area contributed by atoms with Gasteiger partial charge in [0, 0.05) is 12.1 Å². The Hall–Kier alpha value is -4.77. The van der Waals surface area contributed by atoms with Crippen LogP contribution < -0.4 is 14.2 Å². The SMILES string of the molecule is CCCc1nc(Cc2cccc(Oc3ccccc3)c2)c(C)c(C(Oc2ccccc2)Oc2ccccc2)c1O. The van der Waals surface area contributed by atoms with Gasteiger partial charge in [-0.15, -0.1) is 0 Å². The Morgan fingerprint density at radius 2 is 1.23 bits per heavy atom. The summed E-state index contributed by atoms with van der Waals surface area (Å²) in [7, 11) is 0. The van der Waals surface area contributed by atoms with Gasteiger partial charge in [0.25, 0.3) is 6.29 Å². The number of rotatable bonds is 11. The van der Waals surface area contributed by atoms with Crippen LogP contribution in [0.15, 0.2) is 115 Å². The second kappa shape index (κ2) is 12.9. The third kappa shape index (κ3) is 6.62. The summed E-state index contributed by atoms with van der Waals surface area (Å²) in [6.07, 6.45) is 1.15. The zero-order chi connectivity index (χ0) is 27.7. The highest BCUT2D eigenvalue weighted by Crippen LogP contribution is 2.37. The van der Waals surface area contributed by atoms with Crippen molar-refractivity contribution in [1.29, 1.82) is 0 Å². The minimum Gasteiger partial charge on any atom is -0.505 e. The summed E-state index contributed by atoms with van der Waals surface area (Å²) in [6, 6.07) is 36.7. The van der Waals surface area contributed by atoms with Crippen LogP contribution in [-0.4, -0.2) is 10.1 Å². The van der Waals surface area contributed by atoms with E-state index in [4.69, 9.17) is 19.2 Å². The van der Waals surface area contributed by atoms with E-state index in [1.807, 2.05) is 116 Å². The van der Waals surface area contributed by atoms with Gasteiger partial charge >= 0.3 is 0 Å². The van der Waals surface area contributed by atoms with E-state index in [0.717, 1.165) is 34.7 Å². The maximum absolute atomic E-state index is 11.5. The quantitative estimate of drug-likeness (QED) is 0.173. The summed E-state index contributed by atoms with van der Waals surface area (Å²) in [5.74, 6) is 2.94. The largest absolute Gasteiger partial charge is 0.505 e. The monoisotopic (exact) mass is 531 g/mol. The lowest BCUT2D eigenvalue weighted by Gasteiger charge is -2.25. The molecule has 202 valence electrons. The number of nitrogens with zero attached hydrogens (tertiary/aromatic N) is 1. The van der Waals surface area contributed by atoms with Crippen molar-refractivity contribution in [2.45, 2.75) is 39.4 Å². The highest BCUT2D eigenvalue weighted by Gasteiger charge is 2.27. The van der Waals surface area contributed by atoms with Crippen molar-refractivity contribution in [3.05, 3.63) is 143 Å². The Kier molecular flexibility index (Phi) is 8.62. The molecule has 0 saturated heterocycles. The first-order chi connectivity index (χ1) is 19.6. The molecule has 1 aromatic heterocycles. The molecular formula is C35H33NO4. The zero-order valence-electron chi connectivity index (χ0n) is 22.8. The Morgan fingerprint density at radius 3 is 1.80 bits per heavy atom. The third-order valence-electron chi connectivity index (χ3n) is 6.58. The summed E-state index contributed by atoms with van der Waals surface area (Å²) >= 11 is 0. The van der Waals surface area contributed by atoms with Crippen LogP contribution in [0.1, 0.15) is 47.7 Å². The maximum Gasteiger partial charge on any atom is 0.271 e. The molecule has 5 nitrogen and oxygen atoms in total. The van der Waals surface area contributed by atoms with Crippen molar-refractivity contribution in [3.63, 3.8) is 0 Å². The van der Waals surface area contributed by atoms with Gasteiger partial charge in [-0.1, -0.05) is 80.1 Å². The molecule has 0 radical (unpaired) electrons. The topological polar surface area (TPSA) is 60.8 Å². The number of hydrogen-bond donors (Lipinski definition) is 1. The number of hydrogen-bond acceptors (Lipinski definition) is 5. The van der Waals surface area contributed by atoms with Crippen LogP contribution in [0.3, 0.4) is 0 Å². The van der Waals surface area contributed by atoms with Gasteiger partial charge in [-0.2, -0.15) is 0 Å². The Balaban J connectivity index is 1.53. The molecule has 0 bridgehead atoms. The van der Waals surface area contributed by atoms with E-state index < -0.39 is 6.29 Å². The summed E-state index contributed by atoms with van der Waals surface area (Å²) in [6.45, 7) is 4.04. The average Bonchev–Trinajstić information content (AvgIpc) is 2.97. The highest BCUT2D eigenvalue weighted by molar-refractivity contribution is 5.48. The molecule has 0 atom stereocenters. The standard InChI is InChI=1S/C35H33NO4/c1-3-14-31-34(37)33(35(39-28-18-9-5-10-19-28)40-29-20-11-6-12-21-29)25(2)32(36-31)24-26-15-13-22-30(23-26)38-27-16-7-4-8-17-27/h4-13,15-23,35,37H,3,14,24H2,1-2H3. The molecule has 1 heterocycles. The molecule has 40 heavy (non-hydrogen) atoms. The van der Waals surface area contributed by atoms with E-state index in [0.29, 0.717) is 35.6 Å². The molecule has 0 fully saturated rings. The fourth-order valence-electron chi connectivity index (χ4n) is 4.58. The molecule has 1 N–H and O–H groups in total. The Labute approximate surface area is 235 Å². The first-order valence-electron chi connectivity index (χ1n) is 13.6. The van der Waals surface area contributed by atoms with E-state index in [1.165, 1.54) is 0 Å². The van der Waals surface area contributed by atoms with Crippen LogP contribution in [0.4, 0.5) is 0 Å². The smallest absolute Gasteiger partial charge is 0.271 e.